The van der Waals surface area contributed by atoms with Crippen molar-refractivity contribution < 1.29 is 9.53 Å². The maximum atomic E-state index is 11.9. The van der Waals surface area contributed by atoms with E-state index >= 15 is 0 Å². The quantitative estimate of drug-likeness (QED) is 0.796. The zero-order valence-electron chi connectivity index (χ0n) is 10.5. The van der Waals surface area contributed by atoms with E-state index in [1.807, 2.05) is 24.3 Å². The molecule has 0 atom stereocenters. The fourth-order valence-corrected chi connectivity index (χ4v) is 2.29. The first-order valence-corrected chi connectivity index (χ1v) is 6.05. The molecule has 0 N–H and O–H groups in total. The first kappa shape index (κ1) is 11.9. The van der Waals surface area contributed by atoms with Crippen LogP contribution in [0, 0.1) is 0 Å². The van der Waals surface area contributed by atoms with Crippen LogP contribution in [0.1, 0.15) is 31.7 Å². The van der Waals surface area contributed by atoms with Gasteiger partial charge in [0, 0.05) is 12.8 Å². The summed E-state index contributed by atoms with van der Waals surface area (Å²) in [5.74, 6) is 1.17. The third kappa shape index (κ3) is 2.76. The Morgan fingerprint density at radius 3 is 2.82 bits per heavy atom. The smallest absolute Gasteiger partial charge is 0.159 e. The first-order chi connectivity index (χ1) is 8.20. The van der Waals surface area contributed by atoms with Crippen LogP contribution in [0.2, 0.25) is 0 Å². The fraction of sp³-hybridized carbons (Fsp3) is 0.400. The number of carbonyl (C=O) groups excluding carboxylic acids is 1. The molecule has 0 aromatic heterocycles. The van der Waals surface area contributed by atoms with Crippen LogP contribution in [0.15, 0.2) is 35.4 Å². The van der Waals surface area contributed by atoms with E-state index in [1.54, 1.807) is 7.11 Å². The van der Waals surface area contributed by atoms with Crippen molar-refractivity contribution in [2.75, 3.05) is 7.11 Å². The highest BCUT2D eigenvalue weighted by Gasteiger charge is 2.17. The Kier molecular flexibility index (Phi) is 3.62. The Bertz CT molecular complexity index is 458. The van der Waals surface area contributed by atoms with Crippen molar-refractivity contribution in [2.24, 2.45) is 0 Å². The minimum absolute atomic E-state index is 0.316. The van der Waals surface area contributed by atoms with Crippen LogP contribution in [-0.4, -0.2) is 12.9 Å². The van der Waals surface area contributed by atoms with Gasteiger partial charge in [-0.05, 0) is 43.0 Å². The summed E-state index contributed by atoms with van der Waals surface area (Å²) >= 11 is 0. The molecular formula is C15H18O2. The van der Waals surface area contributed by atoms with Gasteiger partial charge in [0.2, 0.25) is 0 Å². The van der Waals surface area contributed by atoms with Crippen LogP contribution < -0.4 is 4.74 Å². The van der Waals surface area contributed by atoms with Crippen molar-refractivity contribution in [2.45, 2.75) is 32.6 Å². The molecule has 0 fully saturated rings. The molecule has 1 aromatic rings. The average Bonchev–Trinajstić information content (AvgIpc) is 2.34. The topological polar surface area (TPSA) is 26.3 Å². The number of rotatable bonds is 3. The van der Waals surface area contributed by atoms with Gasteiger partial charge in [-0.25, -0.2) is 0 Å². The molecule has 1 aromatic carbocycles. The zero-order chi connectivity index (χ0) is 12.3. The number of hydrogen-bond donors (Lipinski definition) is 0. The molecule has 0 radical (unpaired) electrons. The molecule has 90 valence electrons. The molecule has 0 heterocycles. The number of methoxy groups -OCH3 is 1. The van der Waals surface area contributed by atoms with Crippen molar-refractivity contribution in [3.8, 4) is 5.75 Å². The van der Waals surface area contributed by atoms with Crippen LogP contribution in [0.25, 0.3) is 0 Å². The van der Waals surface area contributed by atoms with Gasteiger partial charge in [-0.3, -0.25) is 4.79 Å². The van der Waals surface area contributed by atoms with E-state index in [9.17, 15) is 4.79 Å². The number of ether oxygens (including phenoxy) is 1. The predicted octanol–water partition coefficient (Wildman–Crippen LogP) is 3.31. The van der Waals surface area contributed by atoms with Gasteiger partial charge in [-0.1, -0.05) is 17.7 Å². The summed E-state index contributed by atoms with van der Waals surface area (Å²) in [6.07, 6.45) is 3.51. The second kappa shape index (κ2) is 5.17. The van der Waals surface area contributed by atoms with E-state index in [0.29, 0.717) is 12.2 Å². The largest absolute Gasteiger partial charge is 0.497 e. The summed E-state index contributed by atoms with van der Waals surface area (Å²) in [5, 5.41) is 0. The fourth-order valence-electron chi connectivity index (χ4n) is 2.29. The first-order valence-electron chi connectivity index (χ1n) is 6.05. The van der Waals surface area contributed by atoms with Gasteiger partial charge in [-0.2, -0.15) is 0 Å². The van der Waals surface area contributed by atoms with Crippen LogP contribution in [0.5, 0.6) is 5.75 Å². The molecule has 1 aliphatic rings. The van der Waals surface area contributed by atoms with Gasteiger partial charge in [0.25, 0.3) is 0 Å². The molecule has 0 bridgehead atoms. The highest BCUT2D eigenvalue weighted by Crippen LogP contribution is 2.25. The molecule has 0 unspecified atom stereocenters. The molecule has 0 spiro atoms. The van der Waals surface area contributed by atoms with Crippen LogP contribution >= 0.6 is 0 Å². The van der Waals surface area contributed by atoms with Gasteiger partial charge in [0.1, 0.15) is 5.75 Å². The van der Waals surface area contributed by atoms with Gasteiger partial charge >= 0.3 is 0 Å². The molecule has 2 nitrogen and oxygen atoms in total. The number of allylic oxidation sites excluding steroid dienone is 2. The number of Topliss-reactive ketones (excluding diaryl/α,β-unsaturated/α-hetero) is 1. The number of carbonyl (C=O) groups is 1. The Morgan fingerprint density at radius 1 is 1.29 bits per heavy atom. The Labute approximate surface area is 102 Å². The summed E-state index contributed by atoms with van der Waals surface area (Å²) in [6.45, 7) is 2.08. The summed E-state index contributed by atoms with van der Waals surface area (Å²) in [5.41, 5.74) is 3.41. The Balaban J connectivity index is 2.22. The number of ketones is 1. The predicted molar refractivity (Wildman–Crippen MR) is 68.3 cm³/mol. The second-order valence-corrected chi connectivity index (χ2v) is 4.56. The van der Waals surface area contributed by atoms with Gasteiger partial charge in [0.05, 0.1) is 7.11 Å². The molecule has 17 heavy (non-hydrogen) atoms. The number of benzene rings is 1. The summed E-state index contributed by atoms with van der Waals surface area (Å²) in [7, 11) is 1.66. The lowest BCUT2D eigenvalue weighted by atomic mass is 9.88. The minimum Gasteiger partial charge on any atom is -0.497 e. The monoisotopic (exact) mass is 230 g/mol. The standard InChI is InChI=1S/C15H18O2/c1-11-5-3-8-15(16)14(11)10-12-6-4-7-13(9-12)17-2/h4,6-7,9H,3,5,8,10H2,1-2H3. The third-order valence-electron chi connectivity index (χ3n) is 3.32. The van der Waals surface area contributed by atoms with Crippen molar-refractivity contribution in [1.82, 2.24) is 0 Å². The molecule has 1 aliphatic carbocycles. The number of hydrogen-bond acceptors (Lipinski definition) is 2. The van der Waals surface area contributed by atoms with Crippen molar-refractivity contribution in [3.05, 3.63) is 41.0 Å². The van der Waals surface area contributed by atoms with Crippen LogP contribution in [0.3, 0.4) is 0 Å². The van der Waals surface area contributed by atoms with Crippen molar-refractivity contribution >= 4 is 5.78 Å². The SMILES string of the molecule is COc1cccc(CC2=C(C)CCCC2=O)c1. The second-order valence-electron chi connectivity index (χ2n) is 4.56. The highest BCUT2D eigenvalue weighted by molar-refractivity contribution is 5.97. The molecule has 0 saturated carbocycles. The molecule has 2 heteroatoms. The summed E-state index contributed by atoms with van der Waals surface area (Å²) in [4.78, 5) is 11.9. The van der Waals surface area contributed by atoms with Crippen molar-refractivity contribution in [1.29, 1.82) is 0 Å². The van der Waals surface area contributed by atoms with E-state index in [4.69, 9.17) is 4.74 Å². The molecule has 0 saturated heterocycles. The van der Waals surface area contributed by atoms with Crippen LogP contribution in [-0.2, 0) is 11.2 Å². The highest BCUT2D eigenvalue weighted by atomic mass is 16.5. The van der Waals surface area contributed by atoms with Gasteiger partial charge in [0.15, 0.2) is 5.78 Å². The van der Waals surface area contributed by atoms with Gasteiger partial charge in [-0.15, -0.1) is 0 Å². The zero-order valence-corrected chi connectivity index (χ0v) is 10.5. The minimum atomic E-state index is 0.316. The lowest BCUT2D eigenvalue weighted by Gasteiger charge is -2.16. The third-order valence-corrected chi connectivity index (χ3v) is 3.32. The lowest BCUT2D eigenvalue weighted by molar-refractivity contribution is -0.116. The Morgan fingerprint density at radius 2 is 2.12 bits per heavy atom. The normalized spacial score (nSPS) is 16.2. The van der Waals surface area contributed by atoms with Gasteiger partial charge < -0.3 is 4.74 Å². The van der Waals surface area contributed by atoms with E-state index in [2.05, 4.69) is 6.92 Å². The van der Waals surface area contributed by atoms with E-state index in [1.165, 1.54) is 5.57 Å². The summed E-state index contributed by atoms with van der Waals surface area (Å²) in [6, 6.07) is 7.94. The Hall–Kier alpha value is -1.57. The van der Waals surface area contributed by atoms with Crippen LogP contribution in [0.4, 0.5) is 0 Å². The molecule has 0 aliphatic heterocycles. The van der Waals surface area contributed by atoms with E-state index < -0.39 is 0 Å². The molecule has 2 rings (SSSR count). The maximum Gasteiger partial charge on any atom is 0.159 e. The lowest BCUT2D eigenvalue weighted by Crippen LogP contribution is -2.12. The van der Waals surface area contributed by atoms with Crippen molar-refractivity contribution in [3.63, 3.8) is 0 Å². The summed E-state index contributed by atoms with van der Waals surface area (Å²) < 4.78 is 5.20. The van der Waals surface area contributed by atoms with E-state index in [0.717, 1.165) is 36.1 Å². The maximum absolute atomic E-state index is 11.9. The molecule has 0 amide bonds. The van der Waals surface area contributed by atoms with E-state index in [-0.39, 0.29) is 0 Å². The average molecular weight is 230 g/mol. The molecular weight excluding hydrogens is 212 g/mol.